The Morgan fingerprint density at radius 2 is 0.739 bits per heavy atom. The molecule has 0 fully saturated rings. The van der Waals surface area contributed by atoms with E-state index in [1.165, 1.54) is 0 Å². The third-order valence-electron chi connectivity index (χ3n) is 7.16. The first-order chi connectivity index (χ1) is 22.6. The van der Waals surface area contributed by atoms with Crippen molar-refractivity contribution < 1.29 is 18.9 Å². The third-order valence-corrected chi connectivity index (χ3v) is 7.16. The zero-order valence-corrected chi connectivity index (χ0v) is 27.3. The first kappa shape index (κ1) is 32.6. The Balaban J connectivity index is 1.48. The van der Waals surface area contributed by atoms with Crippen molar-refractivity contribution in [2.75, 3.05) is 36.0 Å². The molecule has 12 heteroatoms. The van der Waals surface area contributed by atoms with E-state index in [0.29, 0.717) is 11.9 Å². The summed E-state index contributed by atoms with van der Waals surface area (Å²) in [6.45, 7) is 12.9. The number of rotatable bonds is 10. The molecule has 5 rings (SSSR count). The van der Waals surface area contributed by atoms with E-state index in [0.717, 1.165) is 74.1 Å². The number of nitrogens with zero attached hydrogens (tertiary/aromatic N) is 8. The monoisotopic (exact) mass is 628 g/mol. The minimum Gasteiger partial charge on any atom is -0.458 e. The zero-order chi connectivity index (χ0) is 32.1. The molecule has 12 nitrogen and oxygen atoms in total. The van der Waals surface area contributed by atoms with Crippen molar-refractivity contribution >= 4 is 11.9 Å². The van der Waals surface area contributed by atoms with Gasteiger partial charge in [0.25, 0.3) is 0 Å². The summed E-state index contributed by atoms with van der Waals surface area (Å²) in [5.41, 5.74) is 3.75. The van der Waals surface area contributed by atoms with Crippen LogP contribution in [-0.4, -0.2) is 56.1 Å². The van der Waals surface area contributed by atoms with Crippen molar-refractivity contribution in [1.29, 1.82) is 0 Å². The number of hydrogen-bond donors (Lipinski definition) is 0. The molecule has 0 saturated carbocycles. The Morgan fingerprint density at radius 3 is 1.00 bits per heavy atom. The topological polar surface area (TPSA) is 121 Å². The van der Waals surface area contributed by atoms with E-state index < -0.39 is 0 Å². The van der Waals surface area contributed by atoms with E-state index in [4.69, 9.17) is 18.9 Å². The van der Waals surface area contributed by atoms with E-state index in [2.05, 4.69) is 67.4 Å². The predicted octanol–water partition coefficient (Wildman–Crippen LogP) is 5.94. The Hall–Kier alpha value is -4.74. The van der Waals surface area contributed by atoms with Crippen molar-refractivity contribution in [1.82, 2.24) is 29.9 Å². The molecule has 0 atom stereocenters. The highest BCUT2D eigenvalue weighted by Crippen LogP contribution is 2.22. The second-order valence-electron chi connectivity index (χ2n) is 11.2. The van der Waals surface area contributed by atoms with Gasteiger partial charge in [-0.3, -0.25) is 0 Å². The van der Waals surface area contributed by atoms with Crippen molar-refractivity contribution in [3.05, 3.63) is 70.8 Å². The van der Waals surface area contributed by atoms with E-state index in [1.54, 1.807) is 0 Å². The number of ether oxygens (including phenoxy) is 4. The van der Waals surface area contributed by atoms with Crippen LogP contribution in [0.1, 0.15) is 75.6 Å². The lowest BCUT2D eigenvalue weighted by Gasteiger charge is -2.22. The minimum absolute atomic E-state index is 0.212. The molecule has 0 aliphatic carbocycles. The molecular weight excluding hydrogens is 584 g/mol. The quantitative estimate of drug-likeness (QED) is 0.207. The van der Waals surface area contributed by atoms with Crippen LogP contribution in [0.5, 0.6) is 24.0 Å². The van der Waals surface area contributed by atoms with E-state index >= 15 is 0 Å². The molecule has 2 aromatic carbocycles. The van der Waals surface area contributed by atoms with Gasteiger partial charge in [-0.05, 0) is 60.1 Å². The van der Waals surface area contributed by atoms with Gasteiger partial charge in [0.2, 0.25) is 11.9 Å². The molecule has 46 heavy (non-hydrogen) atoms. The standard InChI is InChI=1S/C34H44N8O4/c1-5-15-41(16-6-2)29-35-31-39-32(36-29)44-22-26-12-10-14-28(20-26)24-46-34-38-30(42(17-7-3)18-8-4)37-33(40-34)45-23-27-13-9-11-25(19-27)21-43-31/h9-14,19-20H,5-8,15-18,21-24H2,1-4H3. The lowest BCUT2D eigenvalue weighted by molar-refractivity contribution is 0.245. The van der Waals surface area contributed by atoms with Gasteiger partial charge in [-0.25, -0.2) is 0 Å². The first-order valence-electron chi connectivity index (χ1n) is 16.3. The normalized spacial score (nSPS) is 13.0. The minimum atomic E-state index is 0.212. The molecule has 244 valence electrons. The second-order valence-corrected chi connectivity index (χ2v) is 11.2. The van der Waals surface area contributed by atoms with Crippen LogP contribution in [0.3, 0.4) is 0 Å². The van der Waals surface area contributed by atoms with Crippen LogP contribution in [0.2, 0.25) is 0 Å². The maximum atomic E-state index is 6.12. The Kier molecular flexibility index (Phi) is 11.7. The molecule has 4 aromatic rings. The molecule has 2 aromatic heterocycles. The Morgan fingerprint density at radius 1 is 0.457 bits per heavy atom. The molecule has 1 aliphatic heterocycles. The fourth-order valence-electron chi connectivity index (χ4n) is 5.11. The summed E-state index contributed by atoms with van der Waals surface area (Å²) >= 11 is 0. The molecule has 0 saturated heterocycles. The average molecular weight is 629 g/mol. The summed E-state index contributed by atoms with van der Waals surface area (Å²) in [5, 5.41) is 0. The van der Waals surface area contributed by atoms with E-state index in [1.807, 2.05) is 48.5 Å². The molecule has 0 N–H and O–H groups in total. The zero-order valence-electron chi connectivity index (χ0n) is 27.3. The van der Waals surface area contributed by atoms with Gasteiger partial charge < -0.3 is 28.7 Å². The summed E-state index contributed by atoms with van der Waals surface area (Å²) in [6.07, 6.45) is 3.85. The molecular formula is C34H44N8O4. The van der Waals surface area contributed by atoms with Gasteiger partial charge in [0.15, 0.2) is 0 Å². The molecule has 0 amide bonds. The molecule has 0 radical (unpaired) electrons. The van der Waals surface area contributed by atoms with Crippen molar-refractivity contribution in [3.8, 4) is 24.0 Å². The van der Waals surface area contributed by atoms with Gasteiger partial charge in [0.1, 0.15) is 26.4 Å². The lowest BCUT2D eigenvalue weighted by atomic mass is 10.1. The summed E-state index contributed by atoms with van der Waals surface area (Å²) in [7, 11) is 0. The van der Waals surface area contributed by atoms with Gasteiger partial charge in [-0.2, -0.15) is 19.9 Å². The number of hydrogen-bond acceptors (Lipinski definition) is 12. The Labute approximate surface area is 271 Å². The SMILES string of the molecule is CCCN(CCC)c1nc2nc(n1)OCc1cccc(c1)COc1nc(nc(N(CCC)CCC)n1)OCc1cccc(c1)CO2. The highest BCUT2D eigenvalue weighted by molar-refractivity contribution is 5.34. The number of fused-ring (bicyclic) bond motifs is 8. The first-order valence-corrected chi connectivity index (χ1v) is 16.3. The third kappa shape index (κ3) is 9.15. The maximum absolute atomic E-state index is 6.12. The van der Waals surface area contributed by atoms with Crippen molar-refractivity contribution in [2.45, 2.75) is 79.8 Å². The molecule has 0 spiro atoms. The van der Waals surface area contributed by atoms with E-state index in [-0.39, 0.29) is 50.5 Å². The predicted molar refractivity (Wildman–Crippen MR) is 175 cm³/mol. The van der Waals surface area contributed by atoms with Crippen LogP contribution in [0.15, 0.2) is 48.5 Å². The fraction of sp³-hybridized carbons (Fsp3) is 0.471. The average Bonchev–Trinajstić information content (AvgIpc) is 3.08. The van der Waals surface area contributed by atoms with Crippen LogP contribution >= 0.6 is 0 Å². The maximum Gasteiger partial charge on any atom is 0.324 e. The number of anilines is 2. The van der Waals surface area contributed by atoms with Gasteiger partial charge in [-0.15, -0.1) is 9.97 Å². The largest absolute Gasteiger partial charge is 0.458 e. The fourth-order valence-corrected chi connectivity index (χ4v) is 5.11. The van der Waals surface area contributed by atoms with Gasteiger partial charge in [0, 0.05) is 26.2 Å². The molecule has 1 aliphatic rings. The van der Waals surface area contributed by atoms with Gasteiger partial charge in [-0.1, -0.05) is 64.1 Å². The highest BCUT2D eigenvalue weighted by Gasteiger charge is 2.17. The van der Waals surface area contributed by atoms with Crippen LogP contribution in [-0.2, 0) is 26.4 Å². The van der Waals surface area contributed by atoms with Crippen LogP contribution < -0.4 is 28.7 Å². The van der Waals surface area contributed by atoms with Crippen molar-refractivity contribution in [2.24, 2.45) is 0 Å². The van der Waals surface area contributed by atoms with Gasteiger partial charge >= 0.3 is 24.0 Å². The van der Waals surface area contributed by atoms with Gasteiger partial charge in [0.05, 0.1) is 0 Å². The van der Waals surface area contributed by atoms with E-state index in [9.17, 15) is 0 Å². The smallest absolute Gasteiger partial charge is 0.324 e. The summed E-state index contributed by atoms with van der Waals surface area (Å²) in [6, 6.07) is 16.8. The molecule has 3 heterocycles. The lowest BCUT2D eigenvalue weighted by Crippen LogP contribution is -2.27. The van der Waals surface area contributed by atoms with Crippen LogP contribution in [0.4, 0.5) is 11.9 Å². The second kappa shape index (κ2) is 16.5. The summed E-state index contributed by atoms with van der Waals surface area (Å²) in [4.78, 5) is 31.9. The summed E-state index contributed by atoms with van der Waals surface area (Å²) in [5.74, 6) is 1.08. The Bertz CT molecular complexity index is 1350. The van der Waals surface area contributed by atoms with Crippen LogP contribution in [0, 0.1) is 0 Å². The molecule has 8 bridgehead atoms. The van der Waals surface area contributed by atoms with Crippen LogP contribution in [0.25, 0.3) is 0 Å². The summed E-state index contributed by atoms with van der Waals surface area (Å²) < 4.78 is 24.5. The number of benzene rings is 2. The number of aromatic nitrogens is 6. The highest BCUT2D eigenvalue weighted by atomic mass is 16.5. The molecule has 0 unspecified atom stereocenters. The van der Waals surface area contributed by atoms with Crippen molar-refractivity contribution in [3.63, 3.8) is 0 Å².